The number of amides is 3. The van der Waals surface area contributed by atoms with Gasteiger partial charge in [0, 0.05) is 18.2 Å². The molecule has 0 aromatic heterocycles. The maximum Gasteiger partial charge on any atom is 0.315 e. The highest BCUT2D eigenvalue weighted by atomic mass is 16.5. The number of urea groups is 1. The molecule has 0 radical (unpaired) electrons. The van der Waals surface area contributed by atoms with Gasteiger partial charge in [-0.15, -0.1) is 0 Å². The van der Waals surface area contributed by atoms with E-state index in [9.17, 15) is 9.59 Å². The number of benzene rings is 2. The zero-order chi connectivity index (χ0) is 20.8. The summed E-state index contributed by atoms with van der Waals surface area (Å²) in [5.74, 6) is 1.52. The minimum absolute atomic E-state index is 0.0819. The van der Waals surface area contributed by atoms with Gasteiger partial charge < -0.3 is 25.4 Å². The molecule has 0 bridgehead atoms. The third-order valence-corrected chi connectivity index (χ3v) is 4.87. The molecular weight excluding hydrogens is 370 g/mol. The first-order valence-corrected chi connectivity index (χ1v) is 9.66. The second kappa shape index (κ2) is 9.32. The van der Waals surface area contributed by atoms with Crippen molar-refractivity contribution in [2.75, 3.05) is 19.5 Å². The van der Waals surface area contributed by atoms with Crippen LogP contribution < -0.4 is 25.4 Å². The first kappa shape index (κ1) is 20.5. The van der Waals surface area contributed by atoms with Crippen LogP contribution in [-0.2, 0) is 11.3 Å². The van der Waals surface area contributed by atoms with Gasteiger partial charge >= 0.3 is 6.03 Å². The van der Waals surface area contributed by atoms with E-state index in [2.05, 4.69) is 16.0 Å². The summed E-state index contributed by atoms with van der Waals surface area (Å²) < 4.78 is 10.5. The summed E-state index contributed by atoms with van der Waals surface area (Å²) in [7, 11) is 3.16. The van der Waals surface area contributed by atoms with Crippen LogP contribution in [0.25, 0.3) is 0 Å². The first-order chi connectivity index (χ1) is 14.0. The molecule has 154 valence electrons. The van der Waals surface area contributed by atoms with E-state index >= 15 is 0 Å². The molecule has 1 saturated carbocycles. The summed E-state index contributed by atoms with van der Waals surface area (Å²) in [5.41, 5.74) is 2.63. The molecule has 1 unspecified atom stereocenters. The first-order valence-electron chi connectivity index (χ1n) is 9.66. The van der Waals surface area contributed by atoms with Gasteiger partial charge in [0.15, 0.2) is 11.5 Å². The van der Waals surface area contributed by atoms with Crippen LogP contribution in [0.1, 0.15) is 36.9 Å². The van der Waals surface area contributed by atoms with Crippen molar-refractivity contribution in [2.45, 2.75) is 32.4 Å². The number of carbonyl (C=O) groups excluding carboxylic acids is 2. The molecule has 0 heterocycles. The smallest absolute Gasteiger partial charge is 0.315 e. The Kier molecular flexibility index (Phi) is 6.59. The molecule has 1 fully saturated rings. The number of anilines is 1. The van der Waals surface area contributed by atoms with Crippen LogP contribution in [0.4, 0.5) is 10.5 Å². The molecule has 0 spiro atoms. The Labute approximate surface area is 170 Å². The van der Waals surface area contributed by atoms with Gasteiger partial charge in [0.05, 0.1) is 20.3 Å². The van der Waals surface area contributed by atoms with E-state index in [4.69, 9.17) is 9.47 Å². The van der Waals surface area contributed by atoms with Crippen LogP contribution >= 0.6 is 0 Å². The minimum Gasteiger partial charge on any atom is -0.493 e. The highest BCUT2D eigenvalue weighted by Gasteiger charge is 2.29. The maximum absolute atomic E-state index is 12.2. The summed E-state index contributed by atoms with van der Waals surface area (Å²) in [4.78, 5) is 24.0. The SMILES string of the molecule is COc1ccc(CNC(=O)NC(C)c2ccc(NC(=O)C3CC3)cc2)cc1OC. The summed E-state index contributed by atoms with van der Waals surface area (Å²) in [6, 6.07) is 12.6. The quantitative estimate of drug-likeness (QED) is 0.635. The Morgan fingerprint density at radius 3 is 2.34 bits per heavy atom. The van der Waals surface area contributed by atoms with E-state index in [1.54, 1.807) is 20.3 Å². The van der Waals surface area contributed by atoms with Crippen molar-refractivity contribution >= 4 is 17.6 Å². The van der Waals surface area contributed by atoms with Crippen LogP contribution in [0.2, 0.25) is 0 Å². The van der Waals surface area contributed by atoms with E-state index in [1.165, 1.54) is 0 Å². The average Bonchev–Trinajstić information content (AvgIpc) is 3.58. The fourth-order valence-corrected chi connectivity index (χ4v) is 2.95. The zero-order valence-corrected chi connectivity index (χ0v) is 17.0. The van der Waals surface area contributed by atoms with Gasteiger partial charge in [-0.25, -0.2) is 4.79 Å². The zero-order valence-electron chi connectivity index (χ0n) is 17.0. The Hall–Kier alpha value is -3.22. The summed E-state index contributed by atoms with van der Waals surface area (Å²) in [6.07, 6.45) is 1.95. The number of ether oxygens (including phenoxy) is 2. The largest absolute Gasteiger partial charge is 0.493 e. The predicted octanol–water partition coefficient (Wildman–Crippen LogP) is 3.61. The predicted molar refractivity (Wildman–Crippen MR) is 111 cm³/mol. The van der Waals surface area contributed by atoms with Crippen molar-refractivity contribution in [3.05, 3.63) is 53.6 Å². The number of methoxy groups -OCH3 is 2. The van der Waals surface area contributed by atoms with Crippen LogP contribution in [-0.4, -0.2) is 26.2 Å². The third-order valence-electron chi connectivity index (χ3n) is 4.87. The average molecular weight is 397 g/mol. The monoisotopic (exact) mass is 397 g/mol. The Morgan fingerprint density at radius 1 is 1.03 bits per heavy atom. The number of nitrogens with one attached hydrogen (secondary N) is 3. The Balaban J connectivity index is 1.49. The molecule has 7 heteroatoms. The van der Waals surface area contributed by atoms with Gasteiger partial charge in [-0.05, 0) is 55.2 Å². The number of rotatable bonds is 8. The molecule has 1 aliphatic rings. The van der Waals surface area contributed by atoms with E-state index < -0.39 is 0 Å². The second-order valence-corrected chi connectivity index (χ2v) is 7.12. The third kappa shape index (κ3) is 5.63. The number of hydrogen-bond donors (Lipinski definition) is 3. The van der Waals surface area contributed by atoms with Crippen molar-refractivity contribution in [1.29, 1.82) is 0 Å². The molecular formula is C22H27N3O4. The lowest BCUT2D eigenvalue weighted by atomic mass is 10.1. The molecule has 7 nitrogen and oxygen atoms in total. The molecule has 29 heavy (non-hydrogen) atoms. The van der Waals surface area contributed by atoms with E-state index in [1.807, 2.05) is 43.3 Å². The van der Waals surface area contributed by atoms with Crippen molar-refractivity contribution in [3.8, 4) is 11.5 Å². The second-order valence-electron chi connectivity index (χ2n) is 7.12. The van der Waals surface area contributed by atoms with Gasteiger partial charge in [-0.3, -0.25) is 4.79 Å². The fourth-order valence-electron chi connectivity index (χ4n) is 2.95. The fraction of sp³-hybridized carbons (Fsp3) is 0.364. The number of carbonyl (C=O) groups is 2. The summed E-state index contributed by atoms with van der Waals surface area (Å²) >= 11 is 0. The lowest BCUT2D eigenvalue weighted by Gasteiger charge is -2.16. The molecule has 3 N–H and O–H groups in total. The lowest BCUT2D eigenvalue weighted by Crippen LogP contribution is -2.36. The van der Waals surface area contributed by atoms with Crippen molar-refractivity contribution in [3.63, 3.8) is 0 Å². The molecule has 1 atom stereocenters. The Bertz CT molecular complexity index is 863. The van der Waals surface area contributed by atoms with Gasteiger partial charge in [0.25, 0.3) is 0 Å². The molecule has 1 aliphatic carbocycles. The van der Waals surface area contributed by atoms with Gasteiger partial charge in [0.2, 0.25) is 5.91 Å². The standard InChI is InChI=1S/C22H27N3O4/c1-14(16-7-9-18(10-8-16)25-21(26)17-5-6-17)24-22(27)23-13-15-4-11-19(28-2)20(12-15)29-3/h4,7-12,14,17H,5-6,13H2,1-3H3,(H,25,26)(H2,23,24,27). The summed E-state index contributed by atoms with van der Waals surface area (Å²) in [5, 5.41) is 8.66. The highest BCUT2D eigenvalue weighted by molar-refractivity contribution is 5.94. The van der Waals surface area contributed by atoms with Crippen molar-refractivity contribution in [1.82, 2.24) is 10.6 Å². The maximum atomic E-state index is 12.2. The van der Waals surface area contributed by atoms with Crippen LogP contribution in [0.3, 0.4) is 0 Å². The number of hydrogen-bond acceptors (Lipinski definition) is 4. The molecule has 2 aromatic carbocycles. The van der Waals surface area contributed by atoms with Crippen molar-refractivity contribution < 1.29 is 19.1 Å². The normalized spacial score (nSPS) is 13.9. The topological polar surface area (TPSA) is 88.7 Å². The highest BCUT2D eigenvalue weighted by Crippen LogP contribution is 2.30. The van der Waals surface area contributed by atoms with Gasteiger partial charge in [0.1, 0.15) is 0 Å². The van der Waals surface area contributed by atoms with Crippen LogP contribution in [0, 0.1) is 5.92 Å². The van der Waals surface area contributed by atoms with Crippen molar-refractivity contribution in [2.24, 2.45) is 5.92 Å². The van der Waals surface area contributed by atoms with Gasteiger partial charge in [-0.2, -0.15) is 0 Å². The van der Waals surface area contributed by atoms with Crippen LogP contribution in [0.5, 0.6) is 11.5 Å². The minimum atomic E-state index is -0.265. The molecule has 0 aliphatic heterocycles. The molecule has 0 saturated heterocycles. The molecule has 3 rings (SSSR count). The summed E-state index contributed by atoms with van der Waals surface area (Å²) in [6.45, 7) is 2.28. The molecule has 2 aromatic rings. The molecule has 3 amide bonds. The van der Waals surface area contributed by atoms with E-state index in [0.29, 0.717) is 18.0 Å². The Morgan fingerprint density at radius 2 is 1.72 bits per heavy atom. The van der Waals surface area contributed by atoms with Gasteiger partial charge in [-0.1, -0.05) is 18.2 Å². The van der Waals surface area contributed by atoms with E-state index in [-0.39, 0.29) is 23.9 Å². The van der Waals surface area contributed by atoms with Crippen LogP contribution in [0.15, 0.2) is 42.5 Å². The van der Waals surface area contributed by atoms with E-state index in [0.717, 1.165) is 29.7 Å². The lowest BCUT2D eigenvalue weighted by molar-refractivity contribution is -0.117.